The minimum Gasteiger partial charge on any atom is -0.387 e. The third-order valence-corrected chi connectivity index (χ3v) is 4.54. The molecule has 0 spiro atoms. The number of aromatic nitrogens is 2. The van der Waals surface area contributed by atoms with Crippen LogP contribution in [0.1, 0.15) is 17.5 Å². The molecule has 0 saturated carbocycles. The standard InChI is InChI=1S/C16H24N4O/c1-12-17-14-10-13(4-5-15(14)19(12)3)16(21)11-20-8-6-18(2)7-9-20/h4-5,10,16,21H,6-9,11H2,1-3H3. The summed E-state index contributed by atoms with van der Waals surface area (Å²) in [7, 11) is 4.16. The zero-order chi connectivity index (χ0) is 15.0. The van der Waals surface area contributed by atoms with Crippen LogP contribution in [-0.4, -0.2) is 64.2 Å². The second kappa shape index (κ2) is 5.75. The quantitative estimate of drug-likeness (QED) is 0.920. The van der Waals surface area contributed by atoms with Crippen molar-refractivity contribution in [1.29, 1.82) is 0 Å². The van der Waals surface area contributed by atoms with E-state index in [-0.39, 0.29) is 0 Å². The Morgan fingerprint density at radius 2 is 1.90 bits per heavy atom. The van der Waals surface area contributed by atoms with Gasteiger partial charge in [-0.2, -0.15) is 0 Å². The highest BCUT2D eigenvalue weighted by Gasteiger charge is 2.18. The molecule has 1 aliphatic heterocycles. The van der Waals surface area contributed by atoms with Crippen molar-refractivity contribution in [2.75, 3.05) is 39.8 Å². The van der Waals surface area contributed by atoms with Crippen LogP contribution in [0, 0.1) is 6.92 Å². The lowest BCUT2D eigenvalue weighted by Crippen LogP contribution is -2.45. The number of likely N-dealkylation sites (N-methyl/N-ethyl adjacent to an activating group) is 1. The minimum atomic E-state index is -0.444. The molecule has 1 aliphatic rings. The minimum absolute atomic E-state index is 0.444. The summed E-state index contributed by atoms with van der Waals surface area (Å²) in [5.74, 6) is 0.996. The van der Waals surface area contributed by atoms with Gasteiger partial charge in [-0.25, -0.2) is 4.98 Å². The molecule has 0 aliphatic carbocycles. The summed E-state index contributed by atoms with van der Waals surface area (Å²) in [6.45, 7) is 6.90. The largest absolute Gasteiger partial charge is 0.387 e. The first-order valence-electron chi connectivity index (χ1n) is 7.56. The van der Waals surface area contributed by atoms with E-state index in [1.54, 1.807) is 0 Å². The van der Waals surface area contributed by atoms with Crippen LogP contribution in [0.3, 0.4) is 0 Å². The van der Waals surface area contributed by atoms with Crippen LogP contribution in [0.4, 0.5) is 0 Å². The number of fused-ring (bicyclic) bond motifs is 1. The fourth-order valence-electron chi connectivity index (χ4n) is 2.92. The van der Waals surface area contributed by atoms with Crippen molar-refractivity contribution in [3.05, 3.63) is 29.6 Å². The van der Waals surface area contributed by atoms with Crippen molar-refractivity contribution in [2.24, 2.45) is 7.05 Å². The number of piperazine rings is 1. The van der Waals surface area contributed by atoms with Crippen molar-refractivity contribution in [2.45, 2.75) is 13.0 Å². The molecular weight excluding hydrogens is 264 g/mol. The predicted octanol–water partition coefficient (Wildman–Crippen LogP) is 1.16. The van der Waals surface area contributed by atoms with Crippen LogP contribution in [0.2, 0.25) is 0 Å². The molecule has 1 aromatic carbocycles. The summed E-state index contributed by atoms with van der Waals surface area (Å²) in [5.41, 5.74) is 3.03. The highest BCUT2D eigenvalue weighted by Crippen LogP contribution is 2.21. The Labute approximate surface area is 125 Å². The molecule has 2 heterocycles. The molecule has 3 rings (SSSR count). The first kappa shape index (κ1) is 14.5. The fraction of sp³-hybridized carbons (Fsp3) is 0.562. The van der Waals surface area contributed by atoms with Crippen LogP contribution in [0.15, 0.2) is 18.2 Å². The van der Waals surface area contributed by atoms with E-state index in [1.165, 1.54) is 0 Å². The molecule has 1 fully saturated rings. The van der Waals surface area contributed by atoms with Gasteiger partial charge in [-0.15, -0.1) is 0 Å². The molecule has 1 aromatic heterocycles. The Morgan fingerprint density at radius 1 is 1.19 bits per heavy atom. The second-order valence-corrected chi connectivity index (χ2v) is 6.09. The molecule has 1 unspecified atom stereocenters. The molecule has 0 bridgehead atoms. The van der Waals surface area contributed by atoms with E-state index in [4.69, 9.17) is 0 Å². The van der Waals surface area contributed by atoms with Crippen molar-refractivity contribution in [3.8, 4) is 0 Å². The van der Waals surface area contributed by atoms with Gasteiger partial charge in [-0.1, -0.05) is 6.07 Å². The summed E-state index contributed by atoms with van der Waals surface area (Å²) in [5, 5.41) is 10.5. The van der Waals surface area contributed by atoms with E-state index in [0.717, 1.165) is 48.6 Å². The van der Waals surface area contributed by atoms with Gasteiger partial charge in [-0.3, -0.25) is 4.90 Å². The average molecular weight is 288 g/mol. The number of hydrogen-bond donors (Lipinski definition) is 1. The van der Waals surface area contributed by atoms with Crippen LogP contribution < -0.4 is 0 Å². The molecule has 5 heteroatoms. The van der Waals surface area contributed by atoms with Gasteiger partial charge in [0.2, 0.25) is 0 Å². The maximum Gasteiger partial charge on any atom is 0.106 e. The predicted molar refractivity (Wildman–Crippen MR) is 84.3 cm³/mol. The van der Waals surface area contributed by atoms with E-state index in [9.17, 15) is 5.11 Å². The lowest BCUT2D eigenvalue weighted by atomic mass is 10.1. The molecular formula is C16H24N4O. The van der Waals surface area contributed by atoms with Gasteiger partial charge in [0.15, 0.2) is 0 Å². The number of benzene rings is 1. The third-order valence-electron chi connectivity index (χ3n) is 4.54. The van der Waals surface area contributed by atoms with Crippen molar-refractivity contribution in [1.82, 2.24) is 19.4 Å². The number of aliphatic hydroxyl groups excluding tert-OH is 1. The third kappa shape index (κ3) is 2.95. The lowest BCUT2D eigenvalue weighted by molar-refractivity contribution is 0.0806. The van der Waals surface area contributed by atoms with Crippen LogP contribution in [0.25, 0.3) is 11.0 Å². The van der Waals surface area contributed by atoms with E-state index in [0.29, 0.717) is 6.54 Å². The Balaban J connectivity index is 1.73. The normalized spacial score (nSPS) is 19.2. The van der Waals surface area contributed by atoms with Crippen LogP contribution in [-0.2, 0) is 7.05 Å². The summed E-state index contributed by atoms with van der Waals surface area (Å²) in [4.78, 5) is 9.20. The van der Waals surface area contributed by atoms with E-state index in [2.05, 4.69) is 32.5 Å². The van der Waals surface area contributed by atoms with Crippen molar-refractivity contribution in [3.63, 3.8) is 0 Å². The molecule has 1 N–H and O–H groups in total. The van der Waals surface area contributed by atoms with Gasteiger partial charge in [0.05, 0.1) is 17.1 Å². The van der Waals surface area contributed by atoms with E-state index in [1.807, 2.05) is 26.1 Å². The number of imidazole rings is 1. The molecule has 1 atom stereocenters. The van der Waals surface area contributed by atoms with Gasteiger partial charge < -0.3 is 14.6 Å². The lowest BCUT2D eigenvalue weighted by Gasteiger charge is -2.33. The van der Waals surface area contributed by atoms with Gasteiger partial charge in [-0.05, 0) is 31.7 Å². The Morgan fingerprint density at radius 3 is 2.62 bits per heavy atom. The Hall–Kier alpha value is -1.43. The SMILES string of the molecule is Cc1nc2cc(C(O)CN3CCN(C)CC3)ccc2n1C. The molecule has 1 saturated heterocycles. The molecule has 0 amide bonds. The number of nitrogens with zero attached hydrogens (tertiary/aromatic N) is 4. The summed E-state index contributed by atoms with van der Waals surface area (Å²) >= 11 is 0. The highest BCUT2D eigenvalue weighted by molar-refractivity contribution is 5.76. The van der Waals surface area contributed by atoms with Crippen molar-refractivity contribution >= 4 is 11.0 Å². The molecule has 2 aromatic rings. The first-order valence-corrected chi connectivity index (χ1v) is 7.56. The van der Waals surface area contributed by atoms with Gasteiger partial charge in [0.25, 0.3) is 0 Å². The van der Waals surface area contributed by atoms with Gasteiger partial charge >= 0.3 is 0 Å². The Bertz CT molecular complexity index is 628. The first-order chi connectivity index (χ1) is 10.0. The number of aryl methyl sites for hydroxylation is 2. The smallest absolute Gasteiger partial charge is 0.106 e. The van der Waals surface area contributed by atoms with Crippen LogP contribution in [0.5, 0.6) is 0 Å². The summed E-state index contributed by atoms with van der Waals surface area (Å²) < 4.78 is 2.08. The number of rotatable bonds is 3. The zero-order valence-electron chi connectivity index (χ0n) is 13.1. The monoisotopic (exact) mass is 288 g/mol. The van der Waals surface area contributed by atoms with Gasteiger partial charge in [0.1, 0.15) is 5.82 Å². The maximum absolute atomic E-state index is 10.5. The highest BCUT2D eigenvalue weighted by atomic mass is 16.3. The number of β-amino-alcohol motifs (C(OH)–C–C–N with tert-alkyl or cyclic N) is 1. The summed E-state index contributed by atoms with van der Waals surface area (Å²) in [6, 6.07) is 6.09. The number of aliphatic hydroxyl groups is 1. The Kier molecular flexibility index (Phi) is 3.97. The molecule has 0 radical (unpaired) electrons. The second-order valence-electron chi connectivity index (χ2n) is 6.09. The zero-order valence-corrected chi connectivity index (χ0v) is 13.1. The van der Waals surface area contributed by atoms with E-state index < -0.39 is 6.10 Å². The van der Waals surface area contributed by atoms with E-state index >= 15 is 0 Å². The maximum atomic E-state index is 10.5. The molecule has 21 heavy (non-hydrogen) atoms. The van der Waals surface area contributed by atoms with Crippen molar-refractivity contribution < 1.29 is 5.11 Å². The summed E-state index contributed by atoms with van der Waals surface area (Å²) in [6.07, 6.45) is -0.444. The molecule has 114 valence electrons. The molecule has 5 nitrogen and oxygen atoms in total. The average Bonchev–Trinajstić information content (AvgIpc) is 2.76. The van der Waals surface area contributed by atoms with Gasteiger partial charge in [0, 0.05) is 39.8 Å². The topological polar surface area (TPSA) is 44.5 Å². The number of hydrogen-bond acceptors (Lipinski definition) is 4. The fourth-order valence-corrected chi connectivity index (χ4v) is 2.92. The van der Waals surface area contributed by atoms with Crippen LogP contribution >= 0.6 is 0 Å².